The number of hydrogen-bond acceptors (Lipinski definition) is 2. The maximum absolute atomic E-state index is 2.54. The molecule has 0 amide bonds. The summed E-state index contributed by atoms with van der Waals surface area (Å²) in [4.78, 5) is 5.05. The lowest BCUT2D eigenvalue weighted by Crippen LogP contribution is -2.37. The lowest BCUT2D eigenvalue weighted by atomic mass is 9.85. The van der Waals surface area contributed by atoms with E-state index in [1.165, 1.54) is 98.0 Å². The van der Waals surface area contributed by atoms with Crippen LogP contribution in [0.2, 0.25) is 19.6 Å². The van der Waals surface area contributed by atoms with E-state index in [0.29, 0.717) is 0 Å². The summed E-state index contributed by atoms with van der Waals surface area (Å²) in [7, 11) is -1.58. The maximum Gasteiger partial charge on any atom is 0.0775 e. The third-order valence-corrected chi connectivity index (χ3v) is 16.4. The van der Waals surface area contributed by atoms with E-state index in [4.69, 9.17) is 0 Å². The Kier molecular flexibility index (Phi) is 10.2. The van der Waals surface area contributed by atoms with Crippen molar-refractivity contribution in [1.82, 2.24) is 0 Å². The van der Waals surface area contributed by atoms with Crippen molar-refractivity contribution in [3.8, 4) is 22.3 Å². The lowest BCUT2D eigenvalue weighted by molar-refractivity contribution is 1.30. The van der Waals surface area contributed by atoms with Crippen LogP contribution in [-0.2, 0) is 0 Å². The van der Waals surface area contributed by atoms with Crippen LogP contribution in [0.3, 0.4) is 0 Å². The number of rotatable bonds is 9. The molecule has 332 valence electrons. The van der Waals surface area contributed by atoms with E-state index in [2.05, 4.69) is 269 Å². The zero-order chi connectivity index (χ0) is 47.0. The van der Waals surface area contributed by atoms with Crippen molar-refractivity contribution >= 4 is 101 Å². The van der Waals surface area contributed by atoms with Crippen molar-refractivity contribution in [3.05, 3.63) is 235 Å². The molecular weight excluding hydrogens is 849 g/mol. The summed E-state index contributed by atoms with van der Waals surface area (Å²) < 4.78 is 0. The second-order valence-corrected chi connectivity index (χ2v) is 25.1. The van der Waals surface area contributed by atoms with E-state index in [1.807, 2.05) is 0 Å². The van der Waals surface area contributed by atoms with E-state index in [-0.39, 0.29) is 0 Å². The fraction of sp³-hybridized carbons (Fsp3) is 0.0909. The average Bonchev–Trinajstić information content (AvgIpc) is 3.37. The number of hydrogen-bond donors (Lipinski definition) is 0. The van der Waals surface area contributed by atoms with Crippen LogP contribution in [-0.4, -0.2) is 8.07 Å². The summed E-state index contributed by atoms with van der Waals surface area (Å²) >= 11 is 0. The first-order valence-electron chi connectivity index (χ1n) is 24.2. The van der Waals surface area contributed by atoms with Gasteiger partial charge in [-0.05, 0) is 113 Å². The van der Waals surface area contributed by atoms with Crippen LogP contribution < -0.4 is 15.0 Å². The van der Waals surface area contributed by atoms with Crippen molar-refractivity contribution in [2.45, 2.75) is 40.4 Å². The number of aryl methyl sites for hydroxylation is 3. The van der Waals surface area contributed by atoms with Crippen molar-refractivity contribution < 1.29 is 0 Å². The molecule has 0 saturated heterocycles. The van der Waals surface area contributed by atoms with Crippen LogP contribution in [0.1, 0.15) is 16.7 Å². The smallest absolute Gasteiger partial charge is 0.0775 e. The van der Waals surface area contributed by atoms with Gasteiger partial charge in [0.25, 0.3) is 0 Å². The van der Waals surface area contributed by atoms with E-state index >= 15 is 0 Å². The van der Waals surface area contributed by atoms with Crippen LogP contribution in [0.4, 0.5) is 34.1 Å². The molecule has 3 heteroatoms. The largest absolute Gasteiger partial charge is 0.309 e. The minimum Gasteiger partial charge on any atom is -0.309 e. The Labute approximate surface area is 406 Å². The number of nitrogens with zero attached hydrogens (tertiary/aromatic N) is 2. The first kappa shape index (κ1) is 42.4. The Morgan fingerprint density at radius 3 is 1.09 bits per heavy atom. The molecular formula is C66H54N2Si. The van der Waals surface area contributed by atoms with Gasteiger partial charge in [-0.25, -0.2) is 0 Å². The zero-order valence-electron chi connectivity index (χ0n) is 40.2. The predicted octanol–water partition coefficient (Wildman–Crippen LogP) is 18.6. The molecule has 0 bridgehead atoms. The van der Waals surface area contributed by atoms with Crippen molar-refractivity contribution in [2.24, 2.45) is 0 Å². The summed E-state index contributed by atoms with van der Waals surface area (Å²) in [5.41, 5.74) is 15.4. The quantitative estimate of drug-likeness (QED) is 0.105. The highest BCUT2D eigenvalue weighted by Crippen LogP contribution is 2.53. The molecule has 0 fully saturated rings. The average molecular weight is 903 g/mol. The highest BCUT2D eigenvalue weighted by molar-refractivity contribution is 6.88. The Hall–Kier alpha value is -7.98. The molecule has 12 rings (SSSR count). The molecule has 69 heavy (non-hydrogen) atoms. The molecule has 0 atom stereocenters. The fourth-order valence-corrected chi connectivity index (χ4v) is 11.9. The van der Waals surface area contributed by atoms with Crippen LogP contribution in [0.5, 0.6) is 0 Å². The minimum absolute atomic E-state index is 1.12. The van der Waals surface area contributed by atoms with Crippen molar-refractivity contribution in [1.29, 1.82) is 0 Å². The Morgan fingerprint density at radius 1 is 0.304 bits per heavy atom. The second-order valence-electron chi connectivity index (χ2n) is 20.0. The van der Waals surface area contributed by atoms with Crippen molar-refractivity contribution in [3.63, 3.8) is 0 Å². The number of benzene rings is 12. The van der Waals surface area contributed by atoms with Gasteiger partial charge < -0.3 is 9.80 Å². The van der Waals surface area contributed by atoms with Gasteiger partial charge in [-0.15, -0.1) is 0 Å². The van der Waals surface area contributed by atoms with E-state index in [0.717, 1.165) is 34.1 Å². The SMILES string of the molecule is Cc1ccc(-c2cc(N(c3ccc(C)cc3)c3cccc4ccccc34)c3ccc4c(-c5ccc(C)cc5)cc(N(c5ccc([Si](C)(C)C)cc5)c5cccc6ccccc56)c5ccc2c3c45)cc1. The summed E-state index contributed by atoms with van der Waals surface area (Å²) in [5, 5.41) is 13.7. The molecule has 0 unspecified atom stereocenters. The molecule has 0 saturated carbocycles. The summed E-state index contributed by atoms with van der Waals surface area (Å²) in [5.74, 6) is 0. The van der Waals surface area contributed by atoms with Gasteiger partial charge >= 0.3 is 0 Å². The van der Waals surface area contributed by atoms with Gasteiger partial charge in [0.05, 0.1) is 30.8 Å². The van der Waals surface area contributed by atoms with Gasteiger partial charge in [0.15, 0.2) is 0 Å². The molecule has 0 aliphatic heterocycles. The normalized spacial score (nSPS) is 11.9. The maximum atomic E-state index is 2.54. The van der Waals surface area contributed by atoms with Gasteiger partial charge in [0.2, 0.25) is 0 Å². The first-order valence-corrected chi connectivity index (χ1v) is 27.7. The van der Waals surface area contributed by atoms with Gasteiger partial charge in [-0.2, -0.15) is 0 Å². The zero-order valence-corrected chi connectivity index (χ0v) is 41.2. The summed E-state index contributed by atoms with van der Waals surface area (Å²) in [6, 6.07) is 82.3. The third-order valence-electron chi connectivity index (χ3n) is 14.4. The Bertz CT molecular complexity index is 3870. The molecule has 0 spiro atoms. The topological polar surface area (TPSA) is 6.48 Å². The van der Waals surface area contributed by atoms with Crippen LogP contribution in [0.15, 0.2) is 218 Å². The van der Waals surface area contributed by atoms with Crippen LogP contribution in [0.25, 0.3) is 76.1 Å². The standard InChI is InChI=1S/C66H54N2Si/c1-43-21-27-48(28-22-43)59-41-63(67(50-31-25-45(3)26-32-50)61-19-11-15-46-13-7-9-17-53(46)61)57-39-37-56-60(49-29-23-44(2)24-30-49)42-64(58-40-38-55(59)65(57)66(56)58)68(51-33-35-52(36-34-51)69(4,5)6)62-20-12-16-47-14-8-10-18-54(47)62/h7-42H,1-6H3. The Morgan fingerprint density at radius 2 is 0.667 bits per heavy atom. The Balaban J connectivity index is 1.25. The van der Waals surface area contributed by atoms with Gasteiger partial charge in [0, 0.05) is 43.7 Å². The van der Waals surface area contributed by atoms with Crippen LogP contribution in [0, 0.1) is 20.8 Å². The van der Waals surface area contributed by atoms with E-state index in [9.17, 15) is 0 Å². The fourth-order valence-electron chi connectivity index (χ4n) is 10.7. The first-order chi connectivity index (χ1) is 33.6. The minimum atomic E-state index is -1.58. The molecule has 0 heterocycles. The van der Waals surface area contributed by atoms with E-state index < -0.39 is 8.07 Å². The van der Waals surface area contributed by atoms with Crippen LogP contribution >= 0.6 is 0 Å². The molecule has 2 nitrogen and oxygen atoms in total. The summed E-state index contributed by atoms with van der Waals surface area (Å²) in [6.07, 6.45) is 0. The number of fused-ring (bicyclic) bond motifs is 2. The lowest BCUT2D eigenvalue weighted by Gasteiger charge is -2.32. The van der Waals surface area contributed by atoms with Gasteiger partial charge in [-0.1, -0.05) is 211 Å². The number of anilines is 6. The predicted molar refractivity (Wildman–Crippen MR) is 303 cm³/mol. The molecule has 0 aromatic heterocycles. The van der Waals surface area contributed by atoms with Gasteiger partial charge in [0.1, 0.15) is 0 Å². The third kappa shape index (κ3) is 7.33. The summed E-state index contributed by atoms with van der Waals surface area (Å²) in [6.45, 7) is 13.8. The second kappa shape index (κ2) is 16.7. The molecule has 12 aromatic carbocycles. The monoisotopic (exact) mass is 902 g/mol. The molecule has 12 aromatic rings. The molecule has 0 radical (unpaired) electrons. The molecule has 0 aliphatic rings. The van der Waals surface area contributed by atoms with Gasteiger partial charge in [-0.3, -0.25) is 0 Å². The highest BCUT2D eigenvalue weighted by Gasteiger charge is 2.27. The molecule has 0 N–H and O–H groups in total. The molecule has 0 aliphatic carbocycles. The van der Waals surface area contributed by atoms with Crippen molar-refractivity contribution in [2.75, 3.05) is 9.80 Å². The van der Waals surface area contributed by atoms with E-state index in [1.54, 1.807) is 0 Å². The highest BCUT2D eigenvalue weighted by atomic mass is 28.3.